The monoisotopic (exact) mass is 426 g/mol. The van der Waals surface area contributed by atoms with Crippen molar-refractivity contribution in [3.05, 3.63) is 59.7 Å². The molecule has 1 unspecified atom stereocenters. The van der Waals surface area contributed by atoms with Gasteiger partial charge in [0.25, 0.3) is 0 Å². The highest BCUT2D eigenvalue weighted by molar-refractivity contribution is 5.84. The number of carbonyl (C=O) groups is 3. The van der Waals surface area contributed by atoms with E-state index in [0.717, 1.165) is 22.3 Å². The van der Waals surface area contributed by atoms with Crippen LogP contribution < -0.4 is 10.6 Å². The highest BCUT2D eigenvalue weighted by Crippen LogP contribution is 2.44. The average Bonchev–Trinajstić information content (AvgIpc) is 3.09. The maximum Gasteiger partial charge on any atom is 0.407 e. The number of aliphatic carboxylic acids is 1. The number of carboxylic acid groups (broad SMARTS) is 1. The van der Waals surface area contributed by atoms with Gasteiger partial charge in [-0.3, -0.25) is 4.79 Å². The standard InChI is InChI=1S/C23H26N2O6/c1-2-14(11-21(27)25-20(12-26)22(28)29)24-23(30)31-13-19-17-9-5-3-7-15(17)16-8-4-6-10-18(16)19/h3-10,14,19-20,26H,2,11-13H2,1H3,(H,24,30)(H,25,27)(H,28,29)/t14?,20-/m1/s1. The Labute approximate surface area is 180 Å². The van der Waals surface area contributed by atoms with Gasteiger partial charge in [-0.2, -0.15) is 0 Å². The molecule has 3 rings (SSSR count). The van der Waals surface area contributed by atoms with Crippen LogP contribution in [0.1, 0.15) is 36.8 Å². The third-order valence-corrected chi connectivity index (χ3v) is 5.41. The molecule has 8 nitrogen and oxygen atoms in total. The van der Waals surface area contributed by atoms with Gasteiger partial charge in [-0.05, 0) is 28.7 Å². The summed E-state index contributed by atoms with van der Waals surface area (Å²) in [5.74, 6) is -1.97. The molecule has 0 saturated carbocycles. The molecular formula is C23H26N2O6. The lowest BCUT2D eigenvalue weighted by Crippen LogP contribution is -2.46. The lowest BCUT2D eigenvalue weighted by Gasteiger charge is -2.19. The average molecular weight is 426 g/mol. The summed E-state index contributed by atoms with van der Waals surface area (Å²) in [6.45, 7) is 1.24. The Morgan fingerprint density at radius 1 is 1.00 bits per heavy atom. The van der Waals surface area contributed by atoms with Gasteiger partial charge in [0.2, 0.25) is 5.91 Å². The molecule has 2 aromatic rings. The molecule has 2 atom stereocenters. The van der Waals surface area contributed by atoms with E-state index in [0.29, 0.717) is 6.42 Å². The zero-order valence-electron chi connectivity index (χ0n) is 17.2. The van der Waals surface area contributed by atoms with E-state index in [1.165, 1.54) is 0 Å². The Bertz CT molecular complexity index is 915. The molecular weight excluding hydrogens is 400 g/mol. The number of hydrogen-bond donors (Lipinski definition) is 4. The first-order valence-corrected chi connectivity index (χ1v) is 10.2. The molecule has 31 heavy (non-hydrogen) atoms. The van der Waals surface area contributed by atoms with E-state index < -0.39 is 36.7 Å². The van der Waals surface area contributed by atoms with Gasteiger partial charge in [-0.25, -0.2) is 9.59 Å². The van der Waals surface area contributed by atoms with Crippen molar-refractivity contribution >= 4 is 18.0 Å². The van der Waals surface area contributed by atoms with Crippen LogP contribution in [0.5, 0.6) is 0 Å². The lowest BCUT2D eigenvalue weighted by molar-refractivity contribution is -0.143. The van der Waals surface area contributed by atoms with Crippen molar-refractivity contribution in [2.75, 3.05) is 13.2 Å². The molecule has 0 aromatic heterocycles. The third-order valence-electron chi connectivity index (χ3n) is 5.41. The summed E-state index contributed by atoms with van der Waals surface area (Å²) in [4.78, 5) is 35.3. The third kappa shape index (κ3) is 5.21. The largest absolute Gasteiger partial charge is 0.480 e. The van der Waals surface area contributed by atoms with Gasteiger partial charge >= 0.3 is 12.1 Å². The maximum atomic E-state index is 12.4. The molecule has 2 aromatic carbocycles. The first kappa shape index (κ1) is 22.3. The number of aliphatic hydroxyl groups excluding tert-OH is 1. The second-order valence-corrected chi connectivity index (χ2v) is 7.42. The fourth-order valence-electron chi connectivity index (χ4n) is 3.77. The summed E-state index contributed by atoms with van der Waals surface area (Å²) in [7, 11) is 0. The van der Waals surface area contributed by atoms with Crippen LogP contribution in [0.3, 0.4) is 0 Å². The van der Waals surface area contributed by atoms with Crippen molar-refractivity contribution in [1.82, 2.24) is 10.6 Å². The number of carboxylic acids is 1. The molecule has 0 radical (unpaired) electrons. The molecule has 4 N–H and O–H groups in total. The number of carbonyl (C=O) groups excluding carboxylic acids is 2. The normalized spacial score (nSPS) is 14.1. The minimum absolute atomic E-state index is 0.0672. The second-order valence-electron chi connectivity index (χ2n) is 7.42. The first-order valence-electron chi connectivity index (χ1n) is 10.2. The van der Waals surface area contributed by atoms with Crippen molar-refractivity contribution in [1.29, 1.82) is 0 Å². The van der Waals surface area contributed by atoms with E-state index in [2.05, 4.69) is 22.8 Å². The predicted octanol–water partition coefficient (Wildman–Crippen LogP) is 2.26. The lowest BCUT2D eigenvalue weighted by atomic mass is 9.98. The molecule has 8 heteroatoms. The Balaban J connectivity index is 1.57. The minimum atomic E-state index is -1.38. The van der Waals surface area contributed by atoms with Crippen LogP contribution in [-0.2, 0) is 14.3 Å². The summed E-state index contributed by atoms with van der Waals surface area (Å²) in [6, 6.07) is 14.1. The molecule has 0 aliphatic heterocycles. The Hall–Kier alpha value is -3.39. The van der Waals surface area contributed by atoms with Crippen LogP contribution in [0.15, 0.2) is 48.5 Å². The van der Waals surface area contributed by atoms with Crippen molar-refractivity contribution in [3.63, 3.8) is 0 Å². The van der Waals surface area contributed by atoms with Crippen LogP contribution in [0.2, 0.25) is 0 Å². The van der Waals surface area contributed by atoms with E-state index in [4.69, 9.17) is 14.9 Å². The Morgan fingerprint density at radius 3 is 2.10 bits per heavy atom. The van der Waals surface area contributed by atoms with Gasteiger partial charge < -0.3 is 25.6 Å². The SMILES string of the molecule is CCC(CC(=O)N[C@H](CO)C(=O)O)NC(=O)OCC1c2ccccc2-c2ccccc21. The number of alkyl carbamates (subject to hydrolysis) is 1. The zero-order chi connectivity index (χ0) is 22.4. The molecule has 0 saturated heterocycles. The highest BCUT2D eigenvalue weighted by atomic mass is 16.5. The zero-order valence-corrected chi connectivity index (χ0v) is 17.2. The number of aliphatic hydroxyl groups is 1. The van der Waals surface area contributed by atoms with E-state index in [-0.39, 0.29) is 18.9 Å². The van der Waals surface area contributed by atoms with Crippen molar-refractivity contribution < 1.29 is 29.3 Å². The fourth-order valence-corrected chi connectivity index (χ4v) is 3.77. The molecule has 164 valence electrons. The molecule has 0 fully saturated rings. The van der Waals surface area contributed by atoms with Gasteiger partial charge in [0, 0.05) is 18.4 Å². The summed E-state index contributed by atoms with van der Waals surface area (Å²) in [5, 5.41) is 22.8. The van der Waals surface area contributed by atoms with Crippen LogP contribution in [0.25, 0.3) is 11.1 Å². The summed E-state index contributed by atoms with van der Waals surface area (Å²) in [6.07, 6.45) is -0.308. The highest BCUT2D eigenvalue weighted by Gasteiger charge is 2.29. The minimum Gasteiger partial charge on any atom is -0.480 e. The molecule has 1 aliphatic rings. The first-order chi connectivity index (χ1) is 14.9. The maximum absolute atomic E-state index is 12.4. The van der Waals surface area contributed by atoms with E-state index >= 15 is 0 Å². The summed E-state index contributed by atoms with van der Waals surface area (Å²) < 4.78 is 5.48. The number of rotatable bonds is 9. The predicted molar refractivity (Wildman–Crippen MR) is 114 cm³/mol. The summed E-state index contributed by atoms with van der Waals surface area (Å²) in [5.41, 5.74) is 4.47. The van der Waals surface area contributed by atoms with Gasteiger partial charge in [-0.1, -0.05) is 55.5 Å². The Kier molecular flexibility index (Phi) is 7.25. The van der Waals surface area contributed by atoms with Gasteiger partial charge in [0.05, 0.1) is 6.61 Å². The molecule has 0 spiro atoms. The van der Waals surface area contributed by atoms with Crippen molar-refractivity contribution in [2.45, 2.75) is 37.8 Å². The smallest absolute Gasteiger partial charge is 0.407 e. The number of ether oxygens (including phenoxy) is 1. The van der Waals surface area contributed by atoms with Crippen molar-refractivity contribution in [3.8, 4) is 11.1 Å². The van der Waals surface area contributed by atoms with Gasteiger partial charge in [-0.15, -0.1) is 0 Å². The van der Waals surface area contributed by atoms with E-state index in [1.54, 1.807) is 6.92 Å². The molecule has 2 amide bonds. The van der Waals surface area contributed by atoms with Crippen LogP contribution >= 0.6 is 0 Å². The number of amides is 2. The fraction of sp³-hybridized carbons (Fsp3) is 0.348. The molecule has 0 heterocycles. The topological polar surface area (TPSA) is 125 Å². The van der Waals surface area contributed by atoms with Crippen molar-refractivity contribution in [2.24, 2.45) is 0 Å². The van der Waals surface area contributed by atoms with E-state index in [9.17, 15) is 14.4 Å². The second kappa shape index (κ2) is 10.1. The van der Waals surface area contributed by atoms with Crippen LogP contribution in [0, 0.1) is 0 Å². The summed E-state index contributed by atoms with van der Waals surface area (Å²) >= 11 is 0. The van der Waals surface area contributed by atoms with E-state index in [1.807, 2.05) is 36.4 Å². The van der Waals surface area contributed by atoms with Crippen LogP contribution in [-0.4, -0.2) is 53.5 Å². The number of nitrogens with one attached hydrogen (secondary N) is 2. The number of fused-ring (bicyclic) bond motifs is 3. The van der Waals surface area contributed by atoms with Crippen LogP contribution in [0.4, 0.5) is 4.79 Å². The van der Waals surface area contributed by atoms with Gasteiger partial charge in [0.15, 0.2) is 0 Å². The molecule has 0 bridgehead atoms. The molecule has 1 aliphatic carbocycles. The number of hydrogen-bond acceptors (Lipinski definition) is 5. The number of benzene rings is 2. The van der Waals surface area contributed by atoms with Gasteiger partial charge in [0.1, 0.15) is 12.6 Å². The quantitative estimate of drug-likeness (QED) is 0.487. The Morgan fingerprint density at radius 2 is 1.58 bits per heavy atom.